The molecule has 1 saturated heterocycles. The van der Waals surface area contributed by atoms with Crippen molar-refractivity contribution in [1.82, 2.24) is 15.0 Å². The third-order valence-electron chi connectivity index (χ3n) is 2.63. The predicted octanol–water partition coefficient (Wildman–Crippen LogP) is 1.56. The summed E-state index contributed by atoms with van der Waals surface area (Å²) in [7, 11) is 1.77. The van der Waals surface area contributed by atoms with Gasteiger partial charge in [-0.1, -0.05) is 0 Å². The van der Waals surface area contributed by atoms with Crippen LogP contribution in [0.25, 0.3) is 0 Å². The summed E-state index contributed by atoms with van der Waals surface area (Å²) in [6.45, 7) is 3.16. The molecule has 0 radical (unpaired) electrons. The van der Waals surface area contributed by atoms with Crippen molar-refractivity contribution in [2.45, 2.75) is 25.8 Å². The smallest absolute Gasteiger partial charge is 0.231 e. The van der Waals surface area contributed by atoms with Crippen molar-refractivity contribution in [2.75, 3.05) is 23.8 Å². The molecule has 0 amide bonds. The molecule has 1 atom stereocenters. The van der Waals surface area contributed by atoms with Crippen LogP contribution in [0, 0.1) is 0 Å². The van der Waals surface area contributed by atoms with Gasteiger partial charge in [0.2, 0.25) is 17.2 Å². The van der Waals surface area contributed by atoms with Crippen LogP contribution in [0.2, 0.25) is 5.28 Å². The third kappa shape index (κ3) is 2.12. The Kier molecular flexibility index (Phi) is 2.90. The summed E-state index contributed by atoms with van der Waals surface area (Å²) < 4.78 is 0. The molecule has 1 fully saturated rings. The molecule has 0 aliphatic carbocycles. The molecule has 0 aromatic carbocycles. The molecule has 5 nitrogen and oxygen atoms in total. The Bertz CT molecular complexity index is 356. The van der Waals surface area contributed by atoms with E-state index in [1.54, 1.807) is 7.05 Å². The van der Waals surface area contributed by atoms with Crippen LogP contribution in [0.4, 0.5) is 11.9 Å². The number of rotatable bonds is 2. The third-order valence-corrected chi connectivity index (χ3v) is 2.80. The summed E-state index contributed by atoms with van der Waals surface area (Å²) in [5, 5.41) is 3.11. The lowest BCUT2D eigenvalue weighted by molar-refractivity contribution is 0.714. The Morgan fingerprint density at radius 2 is 2.20 bits per heavy atom. The molecule has 0 spiro atoms. The summed E-state index contributed by atoms with van der Waals surface area (Å²) in [5.74, 6) is 1.19. The molecule has 6 heteroatoms. The van der Waals surface area contributed by atoms with Crippen molar-refractivity contribution < 1.29 is 0 Å². The Hall–Kier alpha value is -1.10. The average molecular weight is 228 g/mol. The first-order valence-corrected chi connectivity index (χ1v) is 5.44. The molecule has 15 heavy (non-hydrogen) atoms. The van der Waals surface area contributed by atoms with Crippen LogP contribution in [-0.2, 0) is 0 Å². The average Bonchev–Trinajstić information content (AvgIpc) is 2.63. The Morgan fingerprint density at radius 1 is 1.40 bits per heavy atom. The molecular formula is C9H14ClN5. The second-order valence-corrected chi connectivity index (χ2v) is 4.00. The maximum Gasteiger partial charge on any atom is 0.231 e. The van der Waals surface area contributed by atoms with Crippen molar-refractivity contribution >= 4 is 23.5 Å². The van der Waals surface area contributed by atoms with Gasteiger partial charge >= 0.3 is 0 Å². The quantitative estimate of drug-likeness (QED) is 0.831. The number of hydrogen-bond donors (Lipinski definition) is 1. The van der Waals surface area contributed by atoms with Gasteiger partial charge in [-0.15, -0.1) is 0 Å². The molecule has 2 rings (SSSR count). The second-order valence-electron chi connectivity index (χ2n) is 3.66. The van der Waals surface area contributed by atoms with Gasteiger partial charge in [-0.2, -0.15) is 15.0 Å². The van der Waals surface area contributed by atoms with Gasteiger partial charge in [0, 0.05) is 19.6 Å². The molecule has 1 aromatic rings. The van der Waals surface area contributed by atoms with E-state index in [1.807, 2.05) is 0 Å². The van der Waals surface area contributed by atoms with Gasteiger partial charge in [-0.3, -0.25) is 0 Å². The van der Waals surface area contributed by atoms with Crippen molar-refractivity contribution in [2.24, 2.45) is 0 Å². The lowest BCUT2D eigenvalue weighted by Crippen LogP contribution is -2.28. The van der Waals surface area contributed by atoms with Crippen LogP contribution in [0.15, 0.2) is 0 Å². The van der Waals surface area contributed by atoms with E-state index in [9.17, 15) is 0 Å². The van der Waals surface area contributed by atoms with Crippen molar-refractivity contribution in [3.63, 3.8) is 0 Å². The van der Waals surface area contributed by atoms with Crippen LogP contribution in [0.1, 0.15) is 19.8 Å². The normalized spacial score (nSPS) is 20.7. The second kappa shape index (κ2) is 4.18. The number of halogens is 1. The van der Waals surface area contributed by atoms with Gasteiger partial charge in [0.15, 0.2) is 0 Å². The highest BCUT2D eigenvalue weighted by Gasteiger charge is 2.23. The summed E-state index contributed by atoms with van der Waals surface area (Å²) in [6, 6.07) is 0.480. The zero-order valence-electron chi connectivity index (χ0n) is 8.87. The number of anilines is 2. The Labute approximate surface area is 93.9 Å². The lowest BCUT2D eigenvalue weighted by Gasteiger charge is -2.21. The number of nitrogens with zero attached hydrogens (tertiary/aromatic N) is 4. The van der Waals surface area contributed by atoms with E-state index in [0.717, 1.165) is 6.54 Å². The van der Waals surface area contributed by atoms with Gasteiger partial charge in [0.1, 0.15) is 0 Å². The molecule has 1 unspecified atom stereocenters. The first kappa shape index (κ1) is 10.4. The van der Waals surface area contributed by atoms with E-state index in [-0.39, 0.29) is 5.28 Å². The summed E-state index contributed by atoms with van der Waals surface area (Å²) >= 11 is 5.83. The SMILES string of the molecule is CNc1nc(Cl)nc(N2CCCC2C)n1. The lowest BCUT2D eigenvalue weighted by atomic mass is 10.2. The van der Waals surface area contributed by atoms with Crippen molar-refractivity contribution in [3.05, 3.63) is 5.28 Å². The molecule has 0 bridgehead atoms. The summed E-state index contributed by atoms with van der Waals surface area (Å²) in [4.78, 5) is 14.6. The van der Waals surface area contributed by atoms with Gasteiger partial charge in [0.25, 0.3) is 0 Å². The molecule has 1 N–H and O–H groups in total. The van der Waals surface area contributed by atoms with Crippen LogP contribution in [0.3, 0.4) is 0 Å². The van der Waals surface area contributed by atoms with Gasteiger partial charge in [-0.05, 0) is 31.4 Å². The molecule has 2 heterocycles. The topological polar surface area (TPSA) is 53.9 Å². The minimum absolute atomic E-state index is 0.239. The minimum atomic E-state index is 0.239. The minimum Gasteiger partial charge on any atom is -0.357 e. The predicted molar refractivity (Wildman–Crippen MR) is 60.4 cm³/mol. The van der Waals surface area contributed by atoms with Crippen molar-refractivity contribution in [1.29, 1.82) is 0 Å². The monoisotopic (exact) mass is 227 g/mol. The fourth-order valence-electron chi connectivity index (χ4n) is 1.81. The fraction of sp³-hybridized carbons (Fsp3) is 0.667. The Balaban J connectivity index is 2.30. The van der Waals surface area contributed by atoms with E-state index < -0.39 is 0 Å². The van der Waals surface area contributed by atoms with E-state index in [2.05, 4.69) is 32.1 Å². The number of aromatic nitrogens is 3. The van der Waals surface area contributed by atoms with Crippen LogP contribution < -0.4 is 10.2 Å². The van der Waals surface area contributed by atoms with Crippen LogP contribution in [0.5, 0.6) is 0 Å². The first-order valence-electron chi connectivity index (χ1n) is 5.06. The number of hydrogen-bond acceptors (Lipinski definition) is 5. The van der Waals surface area contributed by atoms with Crippen LogP contribution >= 0.6 is 11.6 Å². The van der Waals surface area contributed by atoms with E-state index in [4.69, 9.17) is 11.6 Å². The molecule has 82 valence electrons. The molecular weight excluding hydrogens is 214 g/mol. The number of nitrogens with one attached hydrogen (secondary N) is 1. The molecule has 1 aliphatic rings. The largest absolute Gasteiger partial charge is 0.357 e. The fourth-order valence-corrected chi connectivity index (χ4v) is 1.97. The molecule has 1 aromatic heterocycles. The maximum absolute atomic E-state index is 5.83. The van der Waals surface area contributed by atoms with Gasteiger partial charge < -0.3 is 10.2 Å². The Morgan fingerprint density at radius 3 is 2.80 bits per heavy atom. The van der Waals surface area contributed by atoms with E-state index in [1.165, 1.54) is 12.8 Å². The van der Waals surface area contributed by atoms with Crippen molar-refractivity contribution in [3.8, 4) is 0 Å². The highest BCUT2D eigenvalue weighted by molar-refractivity contribution is 6.28. The van der Waals surface area contributed by atoms with Crippen LogP contribution in [-0.4, -0.2) is 34.6 Å². The highest BCUT2D eigenvalue weighted by Crippen LogP contribution is 2.23. The summed E-state index contributed by atoms with van der Waals surface area (Å²) in [6.07, 6.45) is 2.36. The molecule has 0 saturated carbocycles. The molecule has 1 aliphatic heterocycles. The van der Waals surface area contributed by atoms with Gasteiger partial charge in [0.05, 0.1) is 0 Å². The summed E-state index contributed by atoms with van der Waals surface area (Å²) in [5.41, 5.74) is 0. The van der Waals surface area contributed by atoms with Gasteiger partial charge in [-0.25, -0.2) is 0 Å². The zero-order chi connectivity index (χ0) is 10.8. The zero-order valence-corrected chi connectivity index (χ0v) is 9.62. The first-order chi connectivity index (χ1) is 7.20. The van der Waals surface area contributed by atoms with E-state index in [0.29, 0.717) is 17.9 Å². The highest BCUT2D eigenvalue weighted by atomic mass is 35.5. The standard InChI is InChI=1S/C9H14ClN5/c1-6-4-3-5-15(6)9-13-7(10)12-8(11-2)14-9/h6H,3-5H2,1-2H3,(H,11,12,13,14). The maximum atomic E-state index is 5.83. The van der Waals surface area contributed by atoms with E-state index >= 15 is 0 Å².